The first kappa shape index (κ1) is 16.8. The Morgan fingerprint density at radius 3 is 2.52 bits per heavy atom. The SMILES string of the molecule is CC1CCC(C(C)C)C(OC(=O)CN2CCC(O)CC2)C1. The lowest BCUT2D eigenvalue weighted by atomic mass is 9.75. The van der Waals surface area contributed by atoms with Crippen LogP contribution in [0.5, 0.6) is 0 Å². The van der Waals surface area contributed by atoms with Crippen molar-refractivity contribution in [1.29, 1.82) is 0 Å². The molecule has 2 fully saturated rings. The number of carbonyl (C=O) groups excluding carboxylic acids is 1. The summed E-state index contributed by atoms with van der Waals surface area (Å²) in [6.07, 6.45) is 4.87. The Bertz CT molecular complexity index is 337. The van der Waals surface area contributed by atoms with Crippen molar-refractivity contribution in [2.24, 2.45) is 17.8 Å². The summed E-state index contributed by atoms with van der Waals surface area (Å²) in [6, 6.07) is 0. The van der Waals surface area contributed by atoms with Crippen molar-refractivity contribution in [1.82, 2.24) is 4.90 Å². The number of aliphatic hydroxyl groups excluding tert-OH is 1. The van der Waals surface area contributed by atoms with E-state index < -0.39 is 0 Å². The second kappa shape index (κ2) is 7.59. The second-order valence-electron chi connectivity index (χ2n) is 7.36. The molecule has 0 radical (unpaired) electrons. The van der Waals surface area contributed by atoms with Gasteiger partial charge in [-0.2, -0.15) is 0 Å². The number of piperidine rings is 1. The van der Waals surface area contributed by atoms with Crippen molar-refractivity contribution in [2.75, 3.05) is 19.6 Å². The van der Waals surface area contributed by atoms with E-state index >= 15 is 0 Å². The molecular formula is C17H31NO3. The number of hydrogen-bond acceptors (Lipinski definition) is 4. The molecular weight excluding hydrogens is 266 g/mol. The highest BCUT2D eigenvalue weighted by Crippen LogP contribution is 2.35. The zero-order valence-corrected chi connectivity index (χ0v) is 13.8. The fraction of sp³-hybridized carbons (Fsp3) is 0.941. The molecule has 0 aromatic heterocycles. The second-order valence-corrected chi connectivity index (χ2v) is 7.36. The fourth-order valence-electron chi connectivity index (χ4n) is 3.72. The van der Waals surface area contributed by atoms with Crippen molar-refractivity contribution >= 4 is 5.97 Å². The fourth-order valence-corrected chi connectivity index (χ4v) is 3.72. The molecule has 1 aliphatic heterocycles. The van der Waals surface area contributed by atoms with Crippen LogP contribution in [-0.2, 0) is 9.53 Å². The Morgan fingerprint density at radius 2 is 1.90 bits per heavy atom. The molecule has 0 aromatic carbocycles. The first-order valence-electron chi connectivity index (χ1n) is 8.55. The molecule has 0 aromatic rings. The average molecular weight is 297 g/mol. The van der Waals surface area contributed by atoms with Gasteiger partial charge in [0.1, 0.15) is 6.10 Å². The van der Waals surface area contributed by atoms with E-state index in [-0.39, 0.29) is 18.2 Å². The Morgan fingerprint density at radius 1 is 1.24 bits per heavy atom. The minimum Gasteiger partial charge on any atom is -0.461 e. The number of carbonyl (C=O) groups is 1. The molecule has 1 saturated heterocycles. The van der Waals surface area contributed by atoms with Gasteiger partial charge < -0.3 is 9.84 Å². The van der Waals surface area contributed by atoms with Crippen LogP contribution in [0.15, 0.2) is 0 Å². The van der Waals surface area contributed by atoms with Crippen LogP contribution in [0.4, 0.5) is 0 Å². The van der Waals surface area contributed by atoms with Crippen molar-refractivity contribution in [3.05, 3.63) is 0 Å². The summed E-state index contributed by atoms with van der Waals surface area (Å²) in [5.41, 5.74) is 0. The third-order valence-corrected chi connectivity index (χ3v) is 5.15. The van der Waals surface area contributed by atoms with Gasteiger partial charge in [-0.1, -0.05) is 27.2 Å². The van der Waals surface area contributed by atoms with Crippen molar-refractivity contribution < 1.29 is 14.6 Å². The minimum absolute atomic E-state index is 0.0869. The van der Waals surface area contributed by atoms with Crippen LogP contribution in [-0.4, -0.2) is 47.8 Å². The van der Waals surface area contributed by atoms with Crippen LogP contribution in [0.1, 0.15) is 52.9 Å². The van der Waals surface area contributed by atoms with Gasteiger partial charge in [-0.05, 0) is 43.4 Å². The number of nitrogens with zero attached hydrogens (tertiary/aromatic N) is 1. The zero-order chi connectivity index (χ0) is 15.4. The monoisotopic (exact) mass is 297 g/mol. The van der Waals surface area contributed by atoms with Gasteiger partial charge in [0.15, 0.2) is 0 Å². The highest BCUT2D eigenvalue weighted by Gasteiger charge is 2.33. The van der Waals surface area contributed by atoms with Gasteiger partial charge in [0.2, 0.25) is 0 Å². The molecule has 4 nitrogen and oxygen atoms in total. The summed E-state index contributed by atoms with van der Waals surface area (Å²) in [5, 5.41) is 9.50. The van der Waals surface area contributed by atoms with E-state index in [9.17, 15) is 9.90 Å². The zero-order valence-electron chi connectivity index (χ0n) is 13.8. The number of likely N-dealkylation sites (tertiary alicyclic amines) is 1. The molecule has 1 aliphatic carbocycles. The van der Waals surface area contributed by atoms with E-state index in [4.69, 9.17) is 4.74 Å². The third-order valence-electron chi connectivity index (χ3n) is 5.15. The smallest absolute Gasteiger partial charge is 0.320 e. The minimum atomic E-state index is -0.193. The average Bonchev–Trinajstić information content (AvgIpc) is 2.41. The molecule has 4 heteroatoms. The predicted octanol–water partition coefficient (Wildman–Crippen LogP) is 2.45. The normalized spacial score (nSPS) is 32.3. The summed E-state index contributed by atoms with van der Waals surface area (Å²) in [5.74, 6) is 1.65. The van der Waals surface area contributed by atoms with Crippen LogP contribution < -0.4 is 0 Å². The number of esters is 1. The van der Waals surface area contributed by atoms with Gasteiger partial charge in [0.25, 0.3) is 0 Å². The van der Waals surface area contributed by atoms with Gasteiger partial charge in [0.05, 0.1) is 12.6 Å². The first-order valence-corrected chi connectivity index (χ1v) is 8.55. The van der Waals surface area contributed by atoms with Crippen LogP contribution in [0.2, 0.25) is 0 Å². The maximum Gasteiger partial charge on any atom is 0.320 e. The van der Waals surface area contributed by atoms with Crippen LogP contribution in [0, 0.1) is 17.8 Å². The lowest BCUT2D eigenvalue weighted by Gasteiger charge is -2.37. The largest absolute Gasteiger partial charge is 0.461 e. The van der Waals surface area contributed by atoms with Gasteiger partial charge in [0, 0.05) is 13.1 Å². The van der Waals surface area contributed by atoms with E-state index in [2.05, 4.69) is 25.7 Å². The lowest BCUT2D eigenvalue weighted by molar-refractivity contribution is -0.157. The quantitative estimate of drug-likeness (QED) is 0.810. The number of hydrogen-bond donors (Lipinski definition) is 1. The Balaban J connectivity index is 1.82. The number of rotatable bonds is 4. The Kier molecular flexibility index (Phi) is 6.06. The molecule has 3 unspecified atom stereocenters. The van der Waals surface area contributed by atoms with Crippen molar-refractivity contribution in [3.63, 3.8) is 0 Å². The molecule has 122 valence electrons. The predicted molar refractivity (Wildman–Crippen MR) is 82.9 cm³/mol. The lowest BCUT2D eigenvalue weighted by Crippen LogP contribution is -2.42. The van der Waals surface area contributed by atoms with E-state index in [1.165, 1.54) is 12.8 Å². The molecule has 0 spiro atoms. The molecule has 1 saturated carbocycles. The molecule has 21 heavy (non-hydrogen) atoms. The summed E-state index contributed by atoms with van der Waals surface area (Å²) >= 11 is 0. The number of ether oxygens (including phenoxy) is 1. The highest BCUT2D eigenvalue weighted by atomic mass is 16.5. The van der Waals surface area contributed by atoms with Gasteiger partial charge >= 0.3 is 5.97 Å². The molecule has 2 aliphatic rings. The van der Waals surface area contributed by atoms with Crippen molar-refractivity contribution in [2.45, 2.75) is 65.1 Å². The van der Waals surface area contributed by atoms with Crippen LogP contribution in [0.3, 0.4) is 0 Å². The third kappa shape index (κ3) is 4.96. The number of aliphatic hydroxyl groups is 1. The standard InChI is InChI=1S/C17H31NO3/c1-12(2)15-5-4-13(3)10-16(15)21-17(20)11-18-8-6-14(19)7-9-18/h12-16,19H,4-11H2,1-3H3. The van der Waals surface area contributed by atoms with E-state index in [1.807, 2.05) is 0 Å². The van der Waals surface area contributed by atoms with E-state index in [0.717, 1.165) is 32.4 Å². The molecule has 1 N–H and O–H groups in total. The summed E-state index contributed by atoms with van der Waals surface area (Å²) in [6.45, 7) is 8.68. The maximum absolute atomic E-state index is 12.2. The summed E-state index contributed by atoms with van der Waals surface area (Å²) in [7, 11) is 0. The maximum atomic E-state index is 12.2. The first-order chi connectivity index (χ1) is 9.95. The van der Waals surface area contributed by atoms with E-state index in [1.54, 1.807) is 0 Å². The van der Waals surface area contributed by atoms with Crippen LogP contribution >= 0.6 is 0 Å². The van der Waals surface area contributed by atoms with Crippen molar-refractivity contribution in [3.8, 4) is 0 Å². The molecule has 0 amide bonds. The van der Waals surface area contributed by atoms with Crippen LogP contribution in [0.25, 0.3) is 0 Å². The van der Waals surface area contributed by atoms with Gasteiger partial charge in [-0.3, -0.25) is 9.69 Å². The highest BCUT2D eigenvalue weighted by molar-refractivity contribution is 5.71. The molecule has 0 bridgehead atoms. The Labute approximate surface area is 128 Å². The Hall–Kier alpha value is -0.610. The van der Waals surface area contributed by atoms with Gasteiger partial charge in [-0.25, -0.2) is 0 Å². The molecule has 3 atom stereocenters. The van der Waals surface area contributed by atoms with E-state index in [0.29, 0.717) is 24.3 Å². The van der Waals surface area contributed by atoms with Gasteiger partial charge in [-0.15, -0.1) is 0 Å². The summed E-state index contributed by atoms with van der Waals surface area (Å²) in [4.78, 5) is 14.3. The topological polar surface area (TPSA) is 49.8 Å². The summed E-state index contributed by atoms with van der Waals surface area (Å²) < 4.78 is 5.82. The molecule has 1 heterocycles. The molecule has 2 rings (SSSR count).